The number of aldehydes is 1. The number of carbonyl (C=O) groups is 1. The van der Waals surface area contributed by atoms with E-state index in [9.17, 15) is 13.6 Å². The summed E-state index contributed by atoms with van der Waals surface area (Å²) in [5.41, 5.74) is 1.77. The highest BCUT2D eigenvalue weighted by molar-refractivity contribution is 5.74. The molecule has 0 radical (unpaired) electrons. The first-order valence-electron chi connectivity index (χ1n) is 5.72. The SMILES string of the molecule is Cc1cc(F)ccc1COc1ccc(C=O)cc1F. The summed E-state index contributed by atoms with van der Waals surface area (Å²) in [6.07, 6.45) is 0.566. The number of carbonyl (C=O) groups excluding carboxylic acids is 1. The van der Waals surface area contributed by atoms with Crippen LogP contribution < -0.4 is 4.74 Å². The molecule has 4 heteroatoms. The average molecular weight is 262 g/mol. The van der Waals surface area contributed by atoms with Crippen molar-refractivity contribution in [3.05, 3.63) is 64.7 Å². The van der Waals surface area contributed by atoms with Crippen LogP contribution in [0.1, 0.15) is 21.5 Å². The fourth-order valence-electron chi connectivity index (χ4n) is 1.68. The van der Waals surface area contributed by atoms with E-state index < -0.39 is 5.82 Å². The number of benzene rings is 2. The molecule has 0 amide bonds. The van der Waals surface area contributed by atoms with Crippen molar-refractivity contribution in [2.75, 3.05) is 0 Å². The lowest BCUT2D eigenvalue weighted by Gasteiger charge is -2.09. The maximum atomic E-state index is 13.6. The molecule has 0 N–H and O–H groups in total. The molecule has 19 heavy (non-hydrogen) atoms. The summed E-state index contributed by atoms with van der Waals surface area (Å²) < 4.78 is 31.8. The summed E-state index contributed by atoms with van der Waals surface area (Å²) in [5.74, 6) is -0.846. The van der Waals surface area contributed by atoms with Crippen LogP contribution in [0, 0.1) is 18.6 Å². The van der Waals surface area contributed by atoms with Gasteiger partial charge in [0.15, 0.2) is 11.6 Å². The first-order chi connectivity index (χ1) is 9.10. The largest absolute Gasteiger partial charge is 0.486 e. The van der Waals surface area contributed by atoms with E-state index in [1.165, 1.54) is 24.3 Å². The van der Waals surface area contributed by atoms with Crippen molar-refractivity contribution in [2.24, 2.45) is 0 Å². The molecule has 0 heterocycles. The van der Waals surface area contributed by atoms with Gasteiger partial charge >= 0.3 is 0 Å². The number of ether oxygens (including phenoxy) is 1. The number of aryl methyl sites for hydroxylation is 1. The predicted octanol–water partition coefficient (Wildman–Crippen LogP) is 3.66. The van der Waals surface area contributed by atoms with Crippen molar-refractivity contribution in [1.82, 2.24) is 0 Å². The summed E-state index contributed by atoms with van der Waals surface area (Å²) in [6, 6.07) is 8.31. The quantitative estimate of drug-likeness (QED) is 0.786. The third-order valence-corrected chi connectivity index (χ3v) is 2.78. The van der Waals surface area contributed by atoms with Crippen molar-refractivity contribution in [3.63, 3.8) is 0 Å². The summed E-state index contributed by atoms with van der Waals surface area (Å²) in [6.45, 7) is 1.90. The molecule has 2 aromatic carbocycles. The molecule has 2 nitrogen and oxygen atoms in total. The molecule has 0 fully saturated rings. The molecule has 0 spiro atoms. The van der Waals surface area contributed by atoms with Crippen LogP contribution >= 0.6 is 0 Å². The normalized spacial score (nSPS) is 10.3. The van der Waals surface area contributed by atoms with Gasteiger partial charge in [0.25, 0.3) is 0 Å². The maximum Gasteiger partial charge on any atom is 0.165 e. The number of rotatable bonds is 4. The highest BCUT2D eigenvalue weighted by Gasteiger charge is 2.06. The molecule has 98 valence electrons. The molecule has 2 rings (SSSR count). The molecule has 0 aliphatic rings. The number of hydrogen-bond donors (Lipinski definition) is 0. The van der Waals surface area contributed by atoms with Crippen LogP contribution in [-0.4, -0.2) is 6.29 Å². The third-order valence-electron chi connectivity index (χ3n) is 2.78. The minimum atomic E-state index is -0.593. The Morgan fingerprint density at radius 1 is 1.16 bits per heavy atom. The van der Waals surface area contributed by atoms with E-state index in [2.05, 4.69) is 0 Å². The van der Waals surface area contributed by atoms with Gasteiger partial charge in [-0.3, -0.25) is 4.79 Å². The Kier molecular flexibility index (Phi) is 3.90. The van der Waals surface area contributed by atoms with Gasteiger partial charge in [0, 0.05) is 5.56 Å². The molecule has 0 bridgehead atoms. The Hall–Kier alpha value is -2.23. The van der Waals surface area contributed by atoms with Gasteiger partial charge in [-0.2, -0.15) is 0 Å². The van der Waals surface area contributed by atoms with Gasteiger partial charge in [-0.15, -0.1) is 0 Å². The topological polar surface area (TPSA) is 26.3 Å². The zero-order chi connectivity index (χ0) is 13.8. The molecule has 0 unspecified atom stereocenters. The molecule has 0 saturated carbocycles. The highest BCUT2D eigenvalue weighted by Crippen LogP contribution is 2.20. The summed E-state index contributed by atoms with van der Waals surface area (Å²) >= 11 is 0. The van der Waals surface area contributed by atoms with Crippen LogP contribution in [0.4, 0.5) is 8.78 Å². The number of halogens is 2. The Balaban J connectivity index is 2.12. The lowest BCUT2D eigenvalue weighted by molar-refractivity contribution is 0.112. The summed E-state index contributed by atoms with van der Waals surface area (Å²) in [7, 11) is 0. The molecule has 0 aliphatic heterocycles. The van der Waals surface area contributed by atoms with Crippen LogP contribution in [0.5, 0.6) is 5.75 Å². The van der Waals surface area contributed by atoms with E-state index in [-0.39, 0.29) is 23.7 Å². The molecular weight excluding hydrogens is 250 g/mol. The first kappa shape index (κ1) is 13.2. The second-order valence-electron chi connectivity index (χ2n) is 4.17. The van der Waals surface area contributed by atoms with E-state index in [1.54, 1.807) is 13.0 Å². The van der Waals surface area contributed by atoms with Gasteiger partial charge in [0.2, 0.25) is 0 Å². The van der Waals surface area contributed by atoms with Crippen LogP contribution in [0.25, 0.3) is 0 Å². The minimum Gasteiger partial charge on any atom is -0.486 e. The predicted molar refractivity (Wildman–Crippen MR) is 67.3 cm³/mol. The second-order valence-corrected chi connectivity index (χ2v) is 4.17. The van der Waals surface area contributed by atoms with Crippen LogP contribution in [0.3, 0.4) is 0 Å². The van der Waals surface area contributed by atoms with Crippen molar-refractivity contribution < 1.29 is 18.3 Å². The lowest BCUT2D eigenvalue weighted by Crippen LogP contribution is -2.00. The van der Waals surface area contributed by atoms with Crippen molar-refractivity contribution in [3.8, 4) is 5.75 Å². The molecule has 0 saturated heterocycles. The van der Waals surface area contributed by atoms with Gasteiger partial charge in [-0.1, -0.05) is 6.07 Å². The van der Waals surface area contributed by atoms with Crippen molar-refractivity contribution >= 4 is 6.29 Å². The highest BCUT2D eigenvalue weighted by atomic mass is 19.1. The molecular formula is C15H12F2O2. The first-order valence-corrected chi connectivity index (χ1v) is 5.72. The zero-order valence-electron chi connectivity index (χ0n) is 10.3. The Morgan fingerprint density at radius 2 is 1.95 bits per heavy atom. The average Bonchev–Trinajstić information content (AvgIpc) is 2.39. The fourth-order valence-corrected chi connectivity index (χ4v) is 1.68. The maximum absolute atomic E-state index is 13.6. The molecule has 2 aromatic rings. The smallest absolute Gasteiger partial charge is 0.165 e. The van der Waals surface area contributed by atoms with E-state index in [0.29, 0.717) is 6.29 Å². The van der Waals surface area contributed by atoms with E-state index in [1.807, 2.05) is 0 Å². The van der Waals surface area contributed by atoms with Gasteiger partial charge < -0.3 is 4.74 Å². The van der Waals surface area contributed by atoms with E-state index in [0.717, 1.165) is 17.2 Å². The Bertz CT molecular complexity index is 609. The standard InChI is InChI=1S/C15H12F2O2/c1-10-6-13(16)4-3-12(10)9-19-15-5-2-11(8-18)7-14(15)17/h2-8H,9H2,1H3. The molecule has 0 atom stereocenters. The lowest BCUT2D eigenvalue weighted by atomic mass is 10.1. The van der Waals surface area contributed by atoms with Gasteiger partial charge in [0.05, 0.1) is 0 Å². The van der Waals surface area contributed by atoms with Gasteiger partial charge in [-0.25, -0.2) is 8.78 Å². The van der Waals surface area contributed by atoms with Crippen LogP contribution in [0.2, 0.25) is 0 Å². The monoisotopic (exact) mass is 262 g/mol. The summed E-state index contributed by atoms with van der Waals surface area (Å²) in [5, 5.41) is 0. The van der Waals surface area contributed by atoms with Crippen molar-refractivity contribution in [1.29, 1.82) is 0 Å². The minimum absolute atomic E-state index is 0.0642. The Morgan fingerprint density at radius 3 is 2.58 bits per heavy atom. The second kappa shape index (κ2) is 5.61. The Labute approximate surface area is 109 Å². The molecule has 0 aliphatic carbocycles. The molecule has 0 aromatic heterocycles. The van der Waals surface area contributed by atoms with Gasteiger partial charge in [0.1, 0.15) is 18.7 Å². The zero-order valence-corrected chi connectivity index (χ0v) is 10.3. The van der Waals surface area contributed by atoms with E-state index >= 15 is 0 Å². The third kappa shape index (κ3) is 3.16. The van der Waals surface area contributed by atoms with Crippen LogP contribution in [0.15, 0.2) is 36.4 Å². The van der Waals surface area contributed by atoms with Gasteiger partial charge in [-0.05, 0) is 48.4 Å². The van der Waals surface area contributed by atoms with Crippen LogP contribution in [-0.2, 0) is 6.61 Å². The summed E-state index contributed by atoms with van der Waals surface area (Å²) in [4.78, 5) is 10.5. The van der Waals surface area contributed by atoms with E-state index in [4.69, 9.17) is 4.74 Å². The fraction of sp³-hybridized carbons (Fsp3) is 0.133. The number of hydrogen-bond acceptors (Lipinski definition) is 2. The van der Waals surface area contributed by atoms with Crippen molar-refractivity contribution in [2.45, 2.75) is 13.5 Å².